The molecule has 0 aromatic carbocycles. The summed E-state index contributed by atoms with van der Waals surface area (Å²) in [6, 6.07) is 0.416. The van der Waals surface area contributed by atoms with Crippen molar-refractivity contribution in [3.63, 3.8) is 0 Å². The van der Waals surface area contributed by atoms with Gasteiger partial charge in [-0.15, -0.1) is 0 Å². The maximum absolute atomic E-state index is 12.1. The van der Waals surface area contributed by atoms with Crippen LogP contribution >= 0.6 is 0 Å². The Morgan fingerprint density at radius 1 is 1.10 bits per heavy atom. The normalized spacial score (nSPS) is 22.0. The van der Waals surface area contributed by atoms with Crippen molar-refractivity contribution in [2.75, 3.05) is 26.2 Å². The van der Waals surface area contributed by atoms with E-state index in [2.05, 4.69) is 10.2 Å². The monoisotopic (exact) mass is 283 g/mol. The molecule has 2 rings (SSSR count). The summed E-state index contributed by atoms with van der Waals surface area (Å²) in [7, 11) is 0. The van der Waals surface area contributed by atoms with E-state index in [1.165, 1.54) is 39.5 Å². The van der Waals surface area contributed by atoms with Crippen LogP contribution in [0.15, 0.2) is 0 Å². The molecule has 0 radical (unpaired) electrons. The Bertz CT molecular complexity index is 370. The van der Waals surface area contributed by atoms with Crippen LogP contribution in [0.1, 0.15) is 39.5 Å². The molecule has 1 saturated heterocycles. The van der Waals surface area contributed by atoms with Gasteiger partial charge in [0.15, 0.2) is 0 Å². The Kier molecular flexibility index (Phi) is 4.52. The molecule has 0 spiro atoms. The molecule has 1 aliphatic heterocycles. The highest BCUT2D eigenvalue weighted by molar-refractivity contribution is 5.85. The zero-order valence-electron chi connectivity index (χ0n) is 12.4. The first-order valence-electron chi connectivity index (χ1n) is 7.45. The zero-order chi connectivity index (χ0) is 14.8. The van der Waals surface area contributed by atoms with Gasteiger partial charge < -0.3 is 15.3 Å². The molecule has 0 aromatic heterocycles. The van der Waals surface area contributed by atoms with E-state index >= 15 is 0 Å². The number of carboxylic acids is 1. The number of nitrogens with zero attached hydrogens (tertiary/aromatic N) is 2. The summed E-state index contributed by atoms with van der Waals surface area (Å²) in [5.74, 6) is -1.02. The predicted octanol–water partition coefficient (Wildman–Crippen LogP) is 1.12. The molecule has 1 aliphatic carbocycles. The summed E-state index contributed by atoms with van der Waals surface area (Å²) in [5.41, 5.74) is -1.22. The molecule has 1 saturated carbocycles. The summed E-state index contributed by atoms with van der Waals surface area (Å²) in [6.07, 6.45) is 5.19. The Balaban J connectivity index is 1.81. The minimum absolute atomic E-state index is 0.275. The van der Waals surface area contributed by atoms with E-state index in [-0.39, 0.29) is 6.03 Å². The number of carbonyl (C=O) groups is 2. The number of carboxylic acid groups (broad SMARTS) is 1. The zero-order valence-corrected chi connectivity index (χ0v) is 12.4. The minimum Gasteiger partial charge on any atom is -0.480 e. The third kappa shape index (κ3) is 3.42. The first-order chi connectivity index (χ1) is 9.40. The van der Waals surface area contributed by atoms with Gasteiger partial charge >= 0.3 is 12.0 Å². The standard InChI is InChI=1S/C14H25N3O3/c1-14(2,12(18)19)15-13(20)17-9-7-16(8-10-17)11-5-3-4-6-11/h11H,3-10H2,1-2H3,(H,15,20)(H,18,19). The average molecular weight is 283 g/mol. The molecule has 0 atom stereocenters. The average Bonchev–Trinajstić information content (AvgIpc) is 2.92. The second kappa shape index (κ2) is 5.99. The maximum Gasteiger partial charge on any atom is 0.328 e. The molecule has 6 heteroatoms. The molecular weight excluding hydrogens is 258 g/mol. The van der Waals surface area contributed by atoms with Gasteiger partial charge in [0, 0.05) is 32.2 Å². The lowest BCUT2D eigenvalue weighted by Gasteiger charge is -2.38. The first kappa shape index (κ1) is 15.1. The Morgan fingerprint density at radius 2 is 1.65 bits per heavy atom. The second-order valence-corrected chi connectivity index (χ2v) is 6.32. The van der Waals surface area contributed by atoms with Crippen molar-refractivity contribution in [1.82, 2.24) is 15.1 Å². The maximum atomic E-state index is 12.1. The quantitative estimate of drug-likeness (QED) is 0.814. The highest BCUT2D eigenvalue weighted by Crippen LogP contribution is 2.24. The van der Waals surface area contributed by atoms with Crippen LogP contribution in [-0.4, -0.2) is 64.7 Å². The third-order valence-electron chi connectivity index (χ3n) is 4.40. The van der Waals surface area contributed by atoms with Gasteiger partial charge in [0.05, 0.1) is 0 Å². The number of nitrogens with one attached hydrogen (secondary N) is 1. The van der Waals surface area contributed by atoms with Gasteiger partial charge in [-0.1, -0.05) is 12.8 Å². The summed E-state index contributed by atoms with van der Waals surface area (Å²) in [6.45, 7) is 6.15. The van der Waals surface area contributed by atoms with Crippen molar-refractivity contribution in [1.29, 1.82) is 0 Å². The number of piperazine rings is 1. The van der Waals surface area contributed by atoms with E-state index in [0.29, 0.717) is 19.1 Å². The number of amides is 2. The van der Waals surface area contributed by atoms with E-state index in [9.17, 15) is 9.59 Å². The number of urea groups is 1. The molecule has 2 N–H and O–H groups in total. The fourth-order valence-corrected chi connectivity index (χ4v) is 2.96. The number of carbonyl (C=O) groups excluding carboxylic acids is 1. The fraction of sp³-hybridized carbons (Fsp3) is 0.857. The lowest BCUT2D eigenvalue weighted by atomic mass is 10.1. The van der Waals surface area contributed by atoms with Gasteiger partial charge in [0.1, 0.15) is 5.54 Å². The van der Waals surface area contributed by atoms with Gasteiger partial charge in [0.25, 0.3) is 0 Å². The predicted molar refractivity (Wildman–Crippen MR) is 75.6 cm³/mol. The van der Waals surface area contributed by atoms with E-state index in [0.717, 1.165) is 13.1 Å². The Labute approximate surface area is 120 Å². The first-order valence-corrected chi connectivity index (χ1v) is 7.45. The number of hydrogen-bond donors (Lipinski definition) is 2. The van der Waals surface area contributed by atoms with Crippen LogP contribution < -0.4 is 5.32 Å². The highest BCUT2D eigenvalue weighted by atomic mass is 16.4. The van der Waals surface area contributed by atoms with Crippen molar-refractivity contribution in [3.8, 4) is 0 Å². The summed E-state index contributed by atoms with van der Waals surface area (Å²) < 4.78 is 0. The van der Waals surface area contributed by atoms with E-state index in [1.807, 2.05) is 0 Å². The summed E-state index contributed by atoms with van der Waals surface area (Å²) in [4.78, 5) is 27.3. The molecule has 0 bridgehead atoms. The van der Waals surface area contributed by atoms with E-state index in [1.54, 1.807) is 4.90 Å². The molecule has 2 aliphatic rings. The van der Waals surface area contributed by atoms with Crippen LogP contribution in [0.5, 0.6) is 0 Å². The lowest BCUT2D eigenvalue weighted by molar-refractivity contribution is -0.143. The van der Waals surface area contributed by atoms with Gasteiger partial charge in [-0.25, -0.2) is 9.59 Å². The number of rotatable bonds is 3. The second-order valence-electron chi connectivity index (χ2n) is 6.32. The molecule has 6 nitrogen and oxygen atoms in total. The van der Waals surface area contributed by atoms with Crippen molar-refractivity contribution in [2.45, 2.75) is 51.1 Å². The van der Waals surface area contributed by atoms with Gasteiger partial charge in [-0.3, -0.25) is 4.90 Å². The lowest BCUT2D eigenvalue weighted by Crippen LogP contribution is -2.58. The fourth-order valence-electron chi connectivity index (χ4n) is 2.96. The SMILES string of the molecule is CC(C)(NC(=O)N1CCN(C2CCCC2)CC1)C(=O)O. The van der Waals surface area contributed by atoms with Crippen LogP contribution in [0.4, 0.5) is 4.79 Å². The Hall–Kier alpha value is -1.30. The smallest absolute Gasteiger partial charge is 0.328 e. The molecule has 0 aromatic rings. The molecule has 2 fully saturated rings. The summed E-state index contributed by atoms with van der Waals surface area (Å²) in [5, 5.41) is 11.6. The van der Waals surface area contributed by atoms with E-state index in [4.69, 9.17) is 5.11 Å². The molecular formula is C14H25N3O3. The van der Waals surface area contributed by atoms with Gasteiger partial charge in [0.2, 0.25) is 0 Å². The van der Waals surface area contributed by atoms with Gasteiger partial charge in [-0.2, -0.15) is 0 Å². The number of hydrogen-bond acceptors (Lipinski definition) is 3. The van der Waals surface area contributed by atoms with Crippen LogP contribution in [0, 0.1) is 0 Å². The van der Waals surface area contributed by atoms with Crippen LogP contribution in [0.2, 0.25) is 0 Å². The molecule has 20 heavy (non-hydrogen) atoms. The number of aliphatic carboxylic acids is 1. The largest absolute Gasteiger partial charge is 0.480 e. The summed E-state index contributed by atoms with van der Waals surface area (Å²) >= 11 is 0. The Morgan fingerprint density at radius 3 is 2.15 bits per heavy atom. The van der Waals surface area contributed by atoms with Crippen molar-refractivity contribution in [2.24, 2.45) is 0 Å². The van der Waals surface area contributed by atoms with E-state index < -0.39 is 11.5 Å². The topological polar surface area (TPSA) is 72.9 Å². The van der Waals surface area contributed by atoms with Crippen LogP contribution in [-0.2, 0) is 4.79 Å². The minimum atomic E-state index is -1.22. The van der Waals surface area contributed by atoms with Crippen LogP contribution in [0.3, 0.4) is 0 Å². The molecule has 2 amide bonds. The molecule has 1 heterocycles. The highest BCUT2D eigenvalue weighted by Gasteiger charge is 2.33. The van der Waals surface area contributed by atoms with Crippen molar-refractivity contribution < 1.29 is 14.7 Å². The van der Waals surface area contributed by atoms with Crippen LogP contribution in [0.25, 0.3) is 0 Å². The third-order valence-corrected chi connectivity index (χ3v) is 4.40. The van der Waals surface area contributed by atoms with Crippen molar-refractivity contribution in [3.05, 3.63) is 0 Å². The van der Waals surface area contributed by atoms with Gasteiger partial charge in [-0.05, 0) is 26.7 Å². The van der Waals surface area contributed by atoms with Crippen molar-refractivity contribution >= 4 is 12.0 Å². The molecule has 0 unspecified atom stereocenters. The molecule has 114 valence electrons.